The second-order valence-corrected chi connectivity index (χ2v) is 7.49. The van der Waals surface area contributed by atoms with Crippen molar-refractivity contribution < 1.29 is 14.3 Å². The van der Waals surface area contributed by atoms with Crippen LogP contribution >= 0.6 is 0 Å². The van der Waals surface area contributed by atoms with E-state index < -0.39 is 5.97 Å². The molecule has 1 saturated carbocycles. The lowest BCUT2D eigenvalue weighted by atomic mass is 10.1. The van der Waals surface area contributed by atoms with E-state index in [4.69, 9.17) is 4.74 Å². The van der Waals surface area contributed by atoms with Gasteiger partial charge in [0.15, 0.2) is 6.61 Å². The number of nitrogens with zero attached hydrogens (tertiary/aromatic N) is 3. The van der Waals surface area contributed by atoms with Gasteiger partial charge in [0.1, 0.15) is 0 Å². The molecular formula is C22H24N4O3. The average Bonchev–Trinajstić information content (AvgIpc) is 3.38. The third-order valence-corrected chi connectivity index (χ3v) is 5.12. The van der Waals surface area contributed by atoms with Crippen LogP contribution in [0.25, 0.3) is 0 Å². The molecule has 1 aromatic carbocycles. The minimum atomic E-state index is -0.524. The molecule has 1 N–H and O–H groups in total. The number of hydrogen-bond donors (Lipinski definition) is 1. The third kappa shape index (κ3) is 4.08. The van der Waals surface area contributed by atoms with Gasteiger partial charge in [0.25, 0.3) is 0 Å². The molecule has 1 aliphatic rings. The molecule has 3 aromatic rings. The lowest BCUT2D eigenvalue weighted by Gasteiger charge is -2.08. The van der Waals surface area contributed by atoms with E-state index in [1.54, 1.807) is 29.1 Å². The summed E-state index contributed by atoms with van der Waals surface area (Å²) >= 11 is 0. The highest BCUT2D eigenvalue weighted by Gasteiger charge is 2.28. The zero-order valence-corrected chi connectivity index (χ0v) is 16.8. The largest absolute Gasteiger partial charge is 0.454 e. The van der Waals surface area contributed by atoms with Gasteiger partial charge in [-0.25, -0.2) is 4.79 Å². The topological polar surface area (TPSA) is 78.2 Å². The van der Waals surface area contributed by atoms with Gasteiger partial charge in [-0.3, -0.25) is 9.48 Å². The Labute approximate surface area is 169 Å². The van der Waals surface area contributed by atoms with Crippen LogP contribution in [-0.2, 0) is 11.8 Å². The number of carbonyl (C=O) groups excluding carboxylic acids is 2. The predicted octanol–water partition coefficient (Wildman–Crippen LogP) is 3.96. The van der Waals surface area contributed by atoms with E-state index >= 15 is 0 Å². The molecule has 7 heteroatoms. The summed E-state index contributed by atoms with van der Waals surface area (Å²) in [6.07, 6.45) is 5.84. The fourth-order valence-electron chi connectivity index (χ4n) is 3.62. The van der Waals surface area contributed by atoms with E-state index in [1.165, 1.54) is 0 Å². The highest BCUT2D eigenvalue weighted by atomic mass is 16.5. The first-order valence-corrected chi connectivity index (χ1v) is 9.67. The van der Waals surface area contributed by atoms with Crippen molar-refractivity contribution >= 4 is 23.1 Å². The molecule has 4 rings (SSSR count). The Morgan fingerprint density at radius 2 is 2.00 bits per heavy atom. The number of Topliss-reactive ketones (excluding diaryl/α,β-unsaturated/α-hetero) is 1. The van der Waals surface area contributed by atoms with Crippen molar-refractivity contribution in [3.05, 3.63) is 65.2 Å². The summed E-state index contributed by atoms with van der Waals surface area (Å²) < 4.78 is 9.19. The molecule has 1 aliphatic carbocycles. The number of aryl methyl sites for hydroxylation is 2. The molecule has 0 aliphatic heterocycles. The summed E-state index contributed by atoms with van der Waals surface area (Å²) in [4.78, 5) is 25.0. The van der Waals surface area contributed by atoms with Crippen LogP contribution in [0.3, 0.4) is 0 Å². The van der Waals surface area contributed by atoms with Gasteiger partial charge < -0.3 is 14.6 Å². The quantitative estimate of drug-likeness (QED) is 0.486. The highest BCUT2D eigenvalue weighted by molar-refractivity contribution is 6.00. The minimum Gasteiger partial charge on any atom is -0.454 e. The molecular weight excluding hydrogens is 368 g/mol. The summed E-state index contributed by atoms with van der Waals surface area (Å²) in [5, 5.41) is 7.28. The van der Waals surface area contributed by atoms with E-state index in [9.17, 15) is 9.59 Å². The number of ether oxygens (including phenoxy) is 1. The van der Waals surface area contributed by atoms with E-state index in [1.807, 2.05) is 39.2 Å². The van der Waals surface area contributed by atoms with Crippen molar-refractivity contribution in [1.29, 1.82) is 0 Å². The van der Waals surface area contributed by atoms with Gasteiger partial charge in [0.05, 0.1) is 17.4 Å². The summed E-state index contributed by atoms with van der Waals surface area (Å²) in [5.41, 5.74) is 4.61. The van der Waals surface area contributed by atoms with Gasteiger partial charge in [0, 0.05) is 41.9 Å². The van der Waals surface area contributed by atoms with Crippen molar-refractivity contribution in [2.75, 3.05) is 11.9 Å². The normalized spacial score (nSPS) is 13.3. The zero-order chi connectivity index (χ0) is 20.5. The number of hydrogen-bond acceptors (Lipinski definition) is 5. The fraction of sp³-hybridized carbons (Fsp3) is 0.318. The van der Waals surface area contributed by atoms with E-state index in [0.29, 0.717) is 17.2 Å². The van der Waals surface area contributed by atoms with Crippen molar-refractivity contribution in [3.8, 4) is 0 Å². The SMILES string of the molecule is Cc1cc(C(=O)COC(=O)c2cccc(Nc3cnn(C)c3)c2)c(C)n1C1CC1. The number of ketones is 1. The highest BCUT2D eigenvalue weighted by Crippen LogP contribution is 2.38. The van der Waals surface area contributed by atoms with E-state index in [-0.39, 0.29) is 12.4 Å². The monoisotopic (exact) mass is 392 g/mol. The van der Waals surface area contributed by atoms with Crippen LogP contribution in [-0.4, -0.2) is 32.7 Å². The fourth-order valence-corrected chi connectivity index (χ4v) is 3.62. The molecule has 29 heavy (non-hydrogen) atoms. The van der Waals surface area contributed by atoms with Crippen LogP contribution in [0, 0.1) is 13.8 Å². The second-order valence-electron chi connectivity index (χ2n) is 7.49. The van der Waals surface area contributed by atoms with Crippen LogP contribution in [0.2, 0.25) is 0 Å². The Balaban J connectivity index is 1.40. The second kappa shape index (κ2) is 7.58. The number of anilines is 2. The first-order valence-electron chi connectivity index (χ1n) is 9.67. The average molecular weight is 392 g/mol. The number of carbonyl (C=O) groups is 2. The Morgan fingerprint density at radius 1 is 1.21 bits per heavy atom. The lowest BCUT2D eigenvalue weighted by Crippen LogP contribution is -2.15. The van der Waals surface area contributed by atoms with Gasteiger partial charge in [-0.1, -0.05) is 6.07 Å². The smallest absolute Gasteiger partial charge is 0.338 e. The van der Waals surface area contributed by atoms with Crippen LogP contribution in [0.4, 0.5) is 11.4 Å². The van der Waals surface area contributed by atoms with Crippen molar-refractivity contribution in [2.45, 2.75) is 32.7 Å². The molecule has 7 nitrogen and oxygen atoms in total. The molecule has 0 saturated heterocycles. The molecule has 1 fully saturated rings. The van der Waals surface area contributed by atoms with Gasteiger partial charge in [-0.15, -0.1) is 0 Å². The number of benzene rings is 1. The Hall–Kier alpha value is -3.35. The molecule has 0 atom stereocenters. The maximum atomic E-state index is 12.6. The van der Waals surface area contributed by atoms with Gasteiger partial charge >= 0.3 is 5.97 Å². The Kier molecular flexibility index (Phi) is 4.96. The van der Waals surface area contributed by atoms with Crippen LogP contribution in [0.15, 0.2) is 42.7 Å². The molecule has 0 bridgehead atoms. The van der Waals surface area contributed by atoms with Crippen LogP contribution in [0.5, 0.6) is 0 Å². The molecule has 0 radical (unpaired) electrons. The van der Waals surface area contributed by atoms with Gasteiger partial charge in [0.2, 0.25) is 5.78 Å². The predicted molar refractivity (Wildman–Crippen MR) is 110 cm³/mol. The summed E-state index contributed by atoms with van der Waals surface area (Å²) in [6, 6.07) is 9.37. The molecule has 0 amide bonds. The number of nitrogens with one attached hydrogen (secondary N) is 1. The lowest BCUT2D eigenvalue weighted by molar-refractivity contribution is 0.0474. The van der Waals surface area contributed by atoms with E-state index in [0.717, 1.165) is 35.6 Å². The first-order chi connectivity index (χ1) is 13.9. The maximum Gasteiger partial charge on any atom is 0.338 e. The maximum absolute atomic E-state index is 12.6. The van der Waals surface area contributed by atoms with Crippen molar-refractivity contribution in [2.24, 2.45) is 7.05 Å². The first kappa shape index (κ1) is 19.0. The molecule has 0 unspecified atom stereocenters. The van der Waals surface area contributed by atoms with Crippen molar-refractivity contribution in [1.82, 2.24) is 14.3 Å². The molecule has 2 heterocycles. The number of aromatic nitrogens is 3. The van der Waals surface area contributed by atoms with Gasteiger partial charge in [-0.2, -0.15) is 5.10 Å². The van der Waals surface area contributed by atoms with Gasteiger partial charge in [-0.05, 0) is 51.0 Å². The molecule has 2 aromatic heterocycles. The summed E-state index contributed by atoms with van der Waals surface area (Å²) in [5.74, 6) is -0.702. The summed E-state index contributed by atoms with van der Waals surface area (Å²) in [7, 11) is 1.83. The minimum absolute atomic E-state index is 0.178. The van der Waals surface area contributed by atoms with E-state index in [2.05, 4.69) is 15.0 Å². The third-order valence-electron chi connectivity index (χ3n) is 5.12. The summed E-state index contributed by atoms with van der Waals surface area (Å²) in [6.45, 7) is 3.69. The van der Waals surface area contributed by atoms with Crippen molar-refractivity contribution in [3.63, 3.8) is 0 Å². The standard InChI is InChI=1S/C22H24N4O3/c1-14-9-20(15(2)26(14)19-7-8-19)21(27)13-29-22(28)16-5-4-6-17(10-16)24-18-11-23-25(3)12-18/h4-6,9-12,19,24H,7-8,13H2,1-3H3. The van der Waals surface area contributed by atoms with Crippen LogP contribution in [0.1, 0.15) is 51.0 Å². The molecule has 0 spiro atoms. The van der Waals surface area contributed by atoms with Crippen LogP contribution < -0.4 is 5.32 Å². The number of rotatable bonds is 7. The number of esters is 1. The zero-order valence-electron chi connectivity index (χ0n) is 16.8. The Bertz CT molecular complexity index is 1080. The Morgan fingerprint density at radius 3 is 2.69 bits per heavy atom. The molecule has 150 valence electrons.